The number of hydrogen-bond acceptors (Lipinski definition) is 3. The Morgan fingerprint density at radius 2 is 2.19 bits per heavy atom. The summed E-state index contributed by atoms with van der Waals surface area (Å²) in [5, 5.41) is 7.46. The fourth-order valence-electron chi connectivity index (χ4n) is 2.40. The highest BCUT2D eigenvalue weighted by Crippen LogP contribution is 2.22. The number of rotatable bonds is 5. The van der Waals surface area contributed by atoms with E-state index in [1.54, 1.807) is 0 Å². The van der Waals surface area contributed by atoms with Crippen molar-refractivity contribution < 1.29 is 4.52 Å². The molecule has 0 radical (unpaired) electrons. The van der Waals surface area contributed by atoms with Crippen LogP contribution in [0.25, 0.3) is 0 Å². The van der Waals surface area contributed by atoms with E-state index in [2.05, 4.69) is 17.4 Å². The minimum atomic E-state index is 0.823. The van der Waals surface area contributed by atoms with Gasteiger partial charge in [-0.1, -0.05) is 31.3 Å². The van der Waals surface area contributed by atoms with Crippen LogP contribution in [0.15, 0.2) is 10.6 Å². The summed E-state index contributed by atoms with van der Waals surface area (Å²) in [4.78, 5) is 0. The lowest BCUT2D eigenvalue weighted by Crippen LogP contribution is -2.23. The summed E-state index contributed by atoms with van der Waals surface area (Å²) >= 11 is 0. The molecule has 1 aliphatic rings. The summed E-state index contributed by atoms with van der Waals surface area (Å²) in [5.41, 5.74) is 1.05. The molecule has 0 bridgehead atoms. The first kappa shape index (κ1) is 11.6. The fourth-order valence-corrected chi connectivity index (χ4v) is 2.40. The van der Waals surface area contributed by atoms with Crippen LogP contribution in [0.1, 0.15) is 50.5 Å². The van der Waals surface area contributed by atoms with Crippen LogP contribution in [0.2, 0.25) is 0 Å². The summed E-state index contributed by atoms with van der Waals surface area (Å²) < 4.78 is 5.23. The molecule has 2 rings (SSSR count). The molecule has 16 heavy (non-hydrogen) atoms. The SMILES string of the molecule is CCc1cc(CNCC2CCCCC2)on1. The van der Waals surface area contributed by atoms with Crippen molar-refractivity contribution in [1.82, 2.24) is 10.5 Å². The summed E-state index contributed by atoms with van der Waals surface area (Å²) in [6, 6.07) is 2.05. The van der Waals surface area contributed by atoms with Crippen LogP contribution >= 0.6 is 0 Å². The zero-order valence-corrected chi connectivity index (χ0v) is 10.2. The first-order valence-corrected chi connectivity index (χ1v) is 6.53. The van der Waals surface area contributed by atoms with Gasteiger partial charge in [-0.3, -0.25) is 0 Å². The topological polar surface area (TPSA) is 38.1 Å². The summed E-state index contributed by atoms with van der Waals surface area (Å²) in [6.07, 6.45) is 7.99. The van der Waals surface area contributed by atoms with E-state index in [1.807, 2.05) is 6.07 Å². The van der Waals surface area contributed by atoms with E-state index in [9.17, 15) is 0 Å². The Labute approximate surface area is 97.6 Å². The lowest BCUT2D eigenvalue weighted by molar-refractivity contribution is 0.325. The molecule has 0 unspecified atom stereocenters. The van der Waals surface area contributed by atoms with Crippen molar-refractivity contribution in [1.29, 1.82) is 0 Å². The molecule has 3 nitrogen and oxygen atoms in total. The van der Waals surface area contributed by atoms with Gasteiger partial charge in [0.05, 0.1) is 12.2 Å². The Hall–Kier alpha value is -0.830. The average Bonchev–Trinajstić information content (AvgIpc) is 2.78. The lowest BCUT2D eigenvalue weighted by Gasteiger charge is -2.21. The molecule has 1 aromatic heterocycles. The molecule has 3 heteroatoms. The maximum atomic E-state index is 5.23. The number of nitrogens with one attached hydrogen (secondary N) is 1. The molecule has 0 amide bonds. The Morgan fingerprint density at radius 3 is 2.88 bits per heavy atom. The van der Waals surface area contributed by atoms with E-state index in [1.165, 1.54) is 32.1 Å². The van der Waals surface area contributed by atoms with Crippen LogP contribution in [0.5, 0.6) is 0 Å². The Morgan fingerprint density at radius 1 is 1.38 bits per heavy atom. The molecular formula is C13H22N2O. The molecule has 90 valence electrons. The van der Waals surface area contributed by atoms with Gasteiger partial charge in [-0.2, -0.15) is 0 Å². The normalized spacial score (nSPS) is 17.8. The van der Waals surface area contributed by atoms with Crippen LogP contribution in [0.3, 0.4) is 0 Å². The van der Waals surface area contributed by atoms with E-state index < -0.39 is 0 Å². The van der Waals surface area contributed by atoms with Crippen LogP contribution in [0.4, 0.5) is 0 Å². The summed E-state index contributed by atoms with van der Waals surface area (Å²) in [5.74, 6) is 1.84. The van der Waals surface area contributed by atoms with Gasteiger partial charge < -0.3 is 9.84 Å². The van der Waals surface area contributed by atoms with E-state index in [-0.39, 0.29) is 0 Å². The first-order valence-electron chi connectivity index (χ1n) is 6.53. The third-order valence-electron chi connectivity index (χ3n) is 3.43. The quantitative estimate of drug-likeness (QED) is 0.832. The third kappa shape index (κ3) is 3.34. The lowest BCUT2D eigenvalue weighted by atomic mass is 9.89. The van der Waals surface area contributed by atoms with Crippen molar-refractivity contribution in [3.63, 3.8) is 0 Å². The number of hydrogen-bond donors (Lipinski definition) is 1. The number of aromatic nitrogens is 1. The van der Waals surface area contributed by atoms with Crippen molar-refractivity contribution >= 4 is 0 Å². The van der Waals surface area contributed by atoms with Gasteiger partial charge in [0.15, 0.2) is 5.76 Å². The van der Waals surface area contributed by atoms with Gasteiger partial charge in [0.1, 0.15) is 0 Å². The molecule has 0 saturated heterocycles. The summed E-state index contributed by atoms with van der Waals surface area (Å²) in [7, 11) is 0. The van der Waals surface area contributed by atoms with E-state index in [0.29, 0.717) is 0 Å². The summed E-state index contributed by atoms with van der Waals surface area (Å²) in [6.45, 7) is 4.04. The van der Waals surface area contributed by atoms with Gasteiger partial charge in [-0.15, -0.1) is 0 Å². The molecule has 0 aromatic carbocycles. The van der Waals surface area contributed by atoms with Gasteiger partial charge in [0.2, 0.25) is 0 Å². The van der Waals surface area contributed by atoms with Crippen molar-refractivity contribution in [2.45, 2.75) is 52.0 Å². The average molecular weight is 222 g/mol. The zero-order chi connectivity index (χ0) is 11.2. The minimum absolute atomic E-state index is 0.823. The molecule has 1 fully saturated rings. The van der Waals surface area contributed by atoms with Crippen molar-refractivity contribution in [2.24, 2.45) is 5.92 Å². The van der Waals surface area contributed by atoms with Gasteiger partial charge in [0.25, 0.3) is 0 Å². The van der Waals surface area contributed by atoms with Crippen LogP contribution < -0.4 is 5.32 Å². The molecule has 0 atom stereocenters. The van der Waals surface area contributed by atoms with Gasteiger partial charge >= 0.3 is 0 Å². The zero-order valence-electron chi connectivity index (χ0n) is 10.2. The van der Waals surface area contributed by atoms with Crippen molar-refractivity contribution in [2.75, 3.05) is 6.54 Å². The molecule has 0 aliphatic heterocycles. The smallest absolute Gasteiger partial charge is 0.150 e. The Bertz CT molecular complexity index is 303. The van der Waals surface area contributed by atoms with Crippen molar-refractivity contribution in [3.05, 3.63) is 17.5 Å². The molecule has 1 aromatic rings. The largest absolute Gasteiger partial charge is 0.360 e. The monoisotopic (exact) mass is 222 g/mol. The van der Waals surface area contributed by atoms with Crippen molar-refractivity contribution in [3.8, 4) is 0 Å². The predicted octanol–water partition coefficient (Wildman–Crippen LogP) is 2.91. The highest BCUT2D eigenvalue weighted by atomic mass is 16.5. The molecular weight excluding hydrogens is 200 g/mol. The predicted molar refractivity (Wildman–Crippen MR) is 64.2 cm³/mol. The molecule has 0 spiro atoms. The molecule has 1 saturated carbocycles. The number of nitrogens with zero attached hydrogens (tertiary/aromatic N) is 1. The van der Waals surface area contributed by atoms with E-state index in [0.717, 1.165) is 36.9 Å². The van der Waals surface area contributed by atoms with Crippen LogP contribution in [-0.4, -0.2) is 11.7 Å². The van der Waals surface area contributed by atoms with E-state index >= 15 is 0 Å². The fraction of sp³-hybridized carbons (Fsp3) is 0.769. The molecule has 1 heterocycles. The molecule has 1 aliphatic carbocycles. The maximum Gasteiger partial charge on any atom is 0.150 e. The van der Waals surface area contributed by atoms with Gasteiger partial charge in [-0.25, -0.2) is 0 Å². The molecule has 1 N–H and O–H groups in total. The van der Waals surface area contributed by atoms with Gasteiger partial charge in [0, 0.05) is 6.07 Å². The Balaban J connectivity index is 1.66. The van der Waals surface area contributed by atoms with Gasteiger partial charge in [-0.05, 0) is 31.7 Å². The van der Waals surface area contributed by atoms with Crippen LogP contribution in [-0.2, 0) is 13.0 Å². The first-order chi connectivity index (χ1) is 7.88. The highest BCUT2D eigenvalue weighted by Gasteiger charge is 2.12. The second kappa shape index (κ2) is 6.04. The van der Waals surface area contributed by atoms with Crippen LogP contribution in [0, 0.1) is 5.92 Å². The van der Waals surface area contributed by atoms with E-state index in [4.69, 9.17) is 4.52 Å². The standard InChI is InChI=1S/C13H22N2O/c1-2-12-8-13(16-15-12)10-14-9-11-6-4-3-5-7-11/h8,11,14H,2-7,9-10H2,1H3. The maximum absolute atomic E-state index is 5.23. The third-order valence-corrected chi connectivity index (χ3v) is 3.43. The number of aryl methyl sites for hydroxylation is 1. The highest BCUT2D eigenvalue weighted by molar-refractivity contribution is 5.04. The minimum Gasteiger partial charge on any atom is -0.360 e. The second-order valence-corrected chi connectivity index (χ2v) is 4.77. The second-order valence-electron chi connectivity index (χ2n) is 4.77. The Kier molecular flexibility index (Phi) is 4.40.